The van der Waals surface area contributed by atoms with Gasteiger partial charge in [-0.1, -0.05) is 19.1 Å². The van der Waals surface area contributed by atoms with Crippen molar-refractivity contribution >= 4 is 10.2 Å². The third-order valence-electron chi connectivity index (χ3n) is 4.03. The van der Waals surface area contributed by atoms with Crippen molar-refractivity contribution in [2.75, 3.05) is 39.3 Å². The van der Waals surface area contributed by atoms with Gasteiger partial charge in [-0.25, -0.2) is 9.11 Å². The number of nitrogens with zero attached hydrogens (tertiary/aromatic N) is 2. The predicted molar refractivity (Wildman–Crippen MR) is 89.9 cm³/mol. The second-order valence-corrected chi connectivity index (χ2v) is 7.63. The molecule has 7 heteroatoms. The molecule has 0 amide bonds. The van der Waals surface area contributed by atoms with Crippen molar-refractivity contribution in [1.82, 2.24) is 13.9 Å². The summed E-state index contributed by atoms with van der Waals surface area (Å²) in [5, 5.41) is 0. The molecule has 0 atom stereocenters. The second kappa shape index (κ2) is 8.73. The van der Waals surface area contributed by atoms with Gasteiger partial charge in [-0.15, -0.1) is 0 Å². The van der Waals surface area contributed by atoms with Crippen LogP contribution in [-0.2, 0) is 16.6 Å². The van der Waals surface area contributed by atoms with Crippen molar-refractivity contribution in [2.24, 2.45) is 0 Å². The molecule has 130 valence electrons. The summed E-state index contributed by atoms with van der Waals surface area (Å²) in [7, 11) is -3.32. The van der Waals surface area contributed by atoms with E-state index in [4.69, 9.17) is 0 Å². The van der Waals surface area contributed by atoms with Gasteiger partial charge in [-0.2, -0.15) is 12.7 Å². The third-order valence-corrected chi connectivity index (χ3v) is 5.65. The Bertz CT molecular complexity index is 587. The first-order chi connectivity index (χ1) is 11.0. The van der Waals surface area contributed by atoms with Crippen LogP contribution in [0.25, 0.3) is 0 Å². The first-order valence-electron chi connectivity index (χ1n) is 8.23. The van der Waals surface area contributed by atoms with Crippen molar-refractivity contribution in [3.8, 4) is 0 Å². The molecule has 2 rings (SSSR count). The SMILES string of the molecule is CCCNS(=O)(=O)N1CCN(CCCc2cccc(F)c2)CC1. The third kappa shape index (κ3) is 5.84. The molecule has 1 aliphatic heterocycles. The van der Waals surface area contributed by atoms with Gasteiger partial charge in [0, 0.05) is 32.7 Å². The molecule has 1 heterocycles. The maximum absolute atomic E-state index is 13.1. The van der Waals surface area contributed by atoms with Gasteiger partial charge < -0.3 is 4.90 Å². The molecule has 1 saturated heterocycles. The normalized spacial score (nSPS) is 17.5. The van der Waals surface area contributed by atoms with Gasteiger partial charge in [-0.05, 0) is 43.5 Å². The van der Waals surface area contributed by atoms with Crippen molar-refractivity contribution in [3.63, 3.8) is 0 Å². The number of nitrogens with one attached hydrogen (secondary N) is 1. The van der Waals surface area contributed by atoms with Gasteiger partial charge in [0.2, 0.25) is 0 Å². The van der Waals surface area contributed by atoms with E-state index in [1.807, 2.05) is 13.0 Å². The summed E-state index contributed by atoms with van der Waals surface area (Å²) < 4.78 is 41.3. The minimum Gasteiger partial charge on any atom is -0.301 e. The van der Waals surface area contributed by atoms with Gasteiger partial charge in [0.15, 0.2) is 0 Å². The fourth-order valence-electron chi connectivity index (χ4n) is 2.72. The van der Waals surface area contributed by atoms with E-state index in [9.17, 15) is 12.8 Å². The number of aryl methyl sites for hydroxylation is 1. The van der Waals surface area contributed by atoms with Crippen LogP contribution in [0.4, 0.5) is 4.39 Å². The number of piperazine rings is 1. The predicted octanol–water partition coefficient (Wildman–Crippen LogP) is 1.62. The van der Waals surface area contributed by atoms with Crippen LogP contribution in [0, 0.1) is 5.82 Å². The summed E-state index contributed by atoms with van der Waals surface area (Å²) in [6.45, 7) is 5.88. The smallest absolute Gasteiger partial charge is 0.279 e. The summed E-state index contributed by atoms with van der Waals surface area (Å²) in [5.41, 5.74) is 1.01. The van der Waals surface area contributed by atoms with Crippen LogP contribution in [0.1, 0.15) is 25.3 Å². The van der Waals surface area contributed by atoms with Gasteiger partial charge in [0.05, 0.1) is 0 Å². The Morgan fingerprint density at radius 2 is 1.96 bits per heavy atom. The first kappa shape index (κ1) is 18.3. The van der Waals surface area contributed by atoms with Crippen molar-refractivity contribution < 1.29 is 12.8 Å². The zero-order valence-corrected chi connectivity index (χ0v) is 14.5. The summed E-state index contributed by atoms with van der Waals surface area (Å²) in [5.74, 6) is -0.194. The van der Waals surface area contributed by atoms with Crippen LogP contribution in [0.2, 0.25) is 0 Å². The lowest BCUT2D eigenvalue weighted by molar-refractivity contribution is 0.185. The van der Waals surface area contributed by atoms with Crippen molar-refractivity contribution in [3.05, 3.63) is 35.6 Å². The van der Waals surface area contributed by atoms with Crippen molar-refractivity contribution in [1.29, 1.82) is 0 Å². The summed E-state index contributed by atoms with van der Waals surface area (Å²) in [4.78, 5) is 2.27. The number of rotatable bonds is 8. The van der Waals surface area contributed by atoms with Crippen LogP contribution in [0.3, 0.4) is 0 Å². The molecule has 0 aromatic heterocycles. The Labute approximate surface area is 138 Å². The quantitative estimate of drug-likeness (QED) is 0.780. The zero-order valence-electron chi connectivity index (χ0n) is 13.7. The van der Waals surface area contributed by atoms with E-state index < -0.39 is 10.2 Å². The molecule has 0 aliphatic carbocycles. The van der Waals surface area contributed by atoms with E-state index in [1.54, 1.807) is 12.1 Å². The first-order valence-corrected chi connectivity index (χ1v) is 9.67. The molecule has 0 saturated carbocycles. The Balaban J connectivity index is 1.70. The molecule has 23 heavy (non-hydrogen) atoms. The molecule has 1 aromatic rings. The highest BCUT2D eigenvalue weighted by Crippen LogP contribution is 2.10. The zero-order chi connectivity index (χ0) is 16.7. The van der Waals surface area contributed by atoms with E-state index in [2.05, 4.69) is 9.62 Å². The van der Waals surface area contributed by atoms with E-state index in [0.29, 0.717) is 19.6 Å². The monoisotopic (exact) mass is 343 g/mol. The van der Waals surface area contributed by atoms with Crippen LogP contribution >= 0.6 is 0 Å². The topological polar surface area (TPSA) is 52.7 Å². The van der Waals surface area contributed by atoms with Crippen molar-refractivity contribution in [2.45, 2.75) is 26.2 Å². The fourth-order valence-corrected chi connectivity index (χ4v) is 4.00. The number of halogens is 1. The molecular weight excluding hydrogens is 317 g/mol. The van der Waals surface area contributed by atoms with Crippen LogP contribution in [0.15, 0.2) is 24.3 Å². The fraction of sp³-hybridized carbons (Fsp3) is 0.625. The maximum Gasteiger partial charge on any atom is 0.279 e. The Hall–Kier alpha value is -1.02. The van der Waals surface area contributed by atoms with E-state index in [-0.39, 0.29) is 5.82 Å². The van der Waals surface area contributed by atoms with E-state index in [1.165, 1.54) is 10.4 Å². The molecule has 5 nitrogen and oxygen atoms in total. The molecule has 0 bridgehead atoms. The molecule has 1 fully saturated rings. The highest BCUT2D eigenvalue weighted by molar-refractivity contribution is 7.87. The Kier molecular flexibility index (Phi) is 6.95. The Morgan fingerprint density at radius 3 is 2.61 bits per heavy atom. The lowest BCUT2D eigenvalue weighted by atomic mass is 10.1. The summed E-state index contributed by atoms with van der Waals surface area (Å²) >= 11 is 0. The minimum atomic E-state index is -3.32. The average molecular weight is 343 g/mol. The second-order valence-electron chi connectivity index (χ2n) is 5.87. The molecule has 1 aromatic carbocycles. The highest BCUT2D eigenvalue weighted by Gasteiger charge is 2.25. The average Bonchev–Trinajstić information content (AvgIpc) is 2.54. The highest BCUT2D eigenvalue weighted by atomic mass is 32.2. The van der Waals surface area contributed by atoms with Gasteiger partial charge >= 0.3 is 0 Å². The van der Waals surface area contributed by atoms with Crippen LogP contribution < -0.4 is 4.72 Å². The molecule has 1 aliphatic rings. The minimum absolute atomic E-state index is 0.194. The summed E-state index contributed by atoms with van der Waals surface area (Å²) in [6.07, 6.45) is 2.58. The van der Waals surface area contributed by atoms with Crippen LogP contribution in [0.5, 0.6) is 0 Å². The lowest BCUT2D eigenvalue weighted by Gasteiger charge is -2.33. The van der Waals surface area contributed by atoms with Crippen LogP contribution in [-0.4, -0.2) is 56.9 Å². The van der Waals surface area contributed by atoms with Gasteiger partial charge in [-0.3, -0.25) is 0 Å². The maximum atomic E-state index is 13.1. The molecule has 0 radical (unpaired) electrons. The number of benzene rings is 1. The summed E-state index contributed by atoms with van der Waals surface area (Å²) in [6, 6.07) is 6.70. The van der Waals surface area contributed by atoms with Gasteiger partial charge in [0.25, 0.3) is 10.2 Å². The molecular formula is C16H26FN3O2S. The van der Waals surface area contributed by atoms with Gasteiger partial charge in [0.1, 0.15) is 5.82 Å². The van der Waals surface area contributed by atoms with E-state index >= 15 is 0 Å². The molecule has 0 unspecified atom stereocenters. The Morgan fingerprint density at radius 1 is 1.22 bits per heavy atom. The number of hydrogen-bond acceptors (Lipinski definition) is 3. The van der Waals surface area contributed by atoms with E-state index in [0.717, 1.165) is 44.5 Å². The number of hydrogen-bond donors (Lipinski definition) is 1. The standard InChI is InChI=1S/C16H26FN3O2S/c1-2-8-18-23(21,22)20-12-10-19(11-13-20)9-4-6-15-5-3-7-16(17)14-15/h3,5,7,14,18H,2,4,6,8-13H2,1H3. The molecule has 0 spiro atoms. The molecule has 1 N–H and O–H groups in total. The lowest BCUT2D eigenvalue weighted by Crippen LogP contribution is -2.52. The largest absolute Gasteiger partial charge is 0.301 e.